The Morgan fingerprint density at radius 1 is 1.30 bits per heavy atom. The van der Waals surface area contributed by atoms with E-state index >= 15 is 0 Å². The summed E-state index contributed by atoms with van der Waals surface area (Å²) in [6.45, 7) is 7.03. The second-order valence-electron chi connectivity index (χ2n) is 5.70. The van der Waals surface area contributed by atoms with Gasteiger partial charge in [0.1, 0.15) is 17.3 Å². The second-order valence-corrected chi connectivity index (χ2v) is 5.70. The van der Waals surface area contributed by atoms with Gasteiger partial charge in [0, 0.05) is 25.1 Å². The molecule has 0 spiro atoms. The minimum absolute atomic E-state index is 0. The first-order valence-corrected chi connectivity index (χ1v) is 8.58. The van der Waals surface area contributed by atoms with E-state index in [2.05, 4.69) is 29.1 Å². The molecule has 2 N–H and O–H groups in total. The molecule has 0 aliphatic carbocycles. The lowest BCUT2D eigenvalue weighted by atomic mass is 10.1. The van der Waals surface area contributed by atoms with Crippen LogP contribution in [-0.2, 0) is 6.42 Å². The van der Waals surface area contributed by atoms with Crippen molar-refractivity contribution in [3.05, 3.63) is 60.6 Å². The Morgan fingerprint density at radius 3 is 2.74 bits per heavy atom. The molecule has 27 heavy (non-hydrogen) atoms. The Morgan fingerprint density at radius 2 is 2.11 bits per heavy atom. The lowest BCUT2D eigenvalue weighted by Gasteiger charge is -2.20. The average molecular weight is 485 g/mol. The van der Waals surface area contributed by atoms with Crippen molar-refractivity contribution in [3.63, 3.8) is 0 Å². The smallest absolute Gasteiger partial charge is 0.192 e. The fourth-order valence-electron chi connectivity index (χ4n) is 2.51. The summed E-state index contributed by atoms with van der Waals surface area (Å²) < 4.78 is 16.1. The summed E-state index contributed by atoms with van der Waals surface area (Å²) >= 11 is 0. The molecule has 1 atom stereocenters. The van der Waals surface area contributed by atoms with Crippen molar-refractivity contribution in [1.82, 2.24) is 10.6 Å². The van der Waals surface area contributed by atoms with Crippen LogP contribution in [0.2, 0.25) is 0 Å². The number of hydrogen-bond donors (Lipinski definition) is 2. The summed E-state index contributed by atoms with van der Waals surface area (Å²) in [6.07, 6.45) is 4.21. The number of rotatable bonds is 9. The molecule has 0 saturated heterocycles. The molecule has 0 aliphatic heterocycles. The average Bonchev–Trinajstić information content (AvgIpc) is 3.18. The molecular weight excluding hydrogens is 457 g/mol. The zero-order chi connectivity index (χ0) is 18.8. The zero-order valence-corrected chi connectivity index (χ0v) is 18.4. The Labute approximate surface area is 178 Å². The molecule has 1 aromatic heterocycles. The SMILES string of the molecule is C=CCNC(=NCCc1ccco1)NC(C)c1cc(OC)ccc1OC.I. The molecule has 0 saturated carbocycles. The van der Waals surface area contributed by atoms with E-state index in [9.17, 15) is 0 Å². The van der Waals surface area contributed by atoms with E-state index in [4.69, 9.17) is 13.9 Å². The lowest BCUT2D eigenvalue weighted by Crippen LogP contribution is -2.39. The van der Waals surface area contributed by atoms with Crippen molar-refractivity contribution in [1.29, 1.82) is 0 Å². The standard InChI is InChI=1S/C20H27N3O3.HI/c1-5-11-21-20(22-12-10-16-7-6-13-26-16)23-15(2)18-14-17(24-3)8-9-19(18)25-4;/h5-9,13-15H,1,10-12H2,2-4H3,(H2,21,22,23);1H. The van der Waals surface area contributed by atoms with Gasteiger partial charge in [-0.2, -0.15) is 0 Å². The fraction of sp³-hybridized carbons (Fsp3) is 0.350. The third kappa shape index (κ3) is 7.16. The molecule has 0 aliphatic rings. The largest absolute Gasteiger partial charge is 0.497 e. The molecule has 0 fully saturated rings. The Hall–Kier alpha value is -2.16. The molecule has 2 rings (SSSR count). The van der Waals surface area contributed by atoms with Gasteiger partial charge in [-0.1, -0.05) is 6.08 Å². The summed E-state index contributed by atoms with van der Waals surface area (Å²) in [5, 5.41) is 6.63. The van der Waals surface area contributed by atoms with Crippen molar-refractivity contribution in [2.75, 3.05) is 27.3 Å². The van der Waals surface area contributed by atoms with Crippen molar-refractivity contribution < 1.29 is 13.9 Å². The van der Waals surface area contributed by atoms with Crippen molar-refractivity contribution >= 4 is 29.9 Å². The van der Waals surface area contributed by atoms with Gasteiger partial charge >= 0.3 is 0 Å². The first-order valence-electron chi connectivity index (χ1n) is 8.58. The maximum atomic E-state index is 5.47. The first kappa shape index (κ1) is 22.9. The van der Waals surface area contributed by atoms with Crippen LogP contribution in [0.5, 0.6) is 11.5 Å². The van der Waals surface area contributed by atoms with E-state index in [1.165, 1.54) is 0 Å². The van der Waals surface area contributed by atoms with E-state index in [-0.39, 0.29) is 30.0 Å². The van der Waals surface area contributed by atoms with Crippen LogP contribution in [0.1, 0.15) is 24.3 Å². The molecule has 2 aromatic rings. The molecule has 0 bridgehead atoms. The monoisotopic (exact) mass is 485 g/mol. The van der Waals surface area contributed by atoms with Gasteiger partial charge in [0.15, 0.2) is 5.96 Å². The summed E-state index contributed by atoms with van der Waals surface area (Å²) in [7, 11) is 3.31. The Kier molecular flexibility index (Phi) is 10.4. The summed E-state index contributed by atoms with van der Waals surface area (Å²) in [6, 6.07) is 9.54. The number of methoxy groups -OCH3 is 2. The summed E-state index contributed by atoms with van der Waals surface area (Å²) in [5.74, 6) is 3.20. The van der Waals surface area contributed by atoms with E-state index in [1.807, 2.05) is 30.3 Å². The maximum Gasteiger partial charge on any atom is 0.192 e. The highest BCUT2D eigenvalue weighted by Gasteiger charge is 2.14. The number of furan rings is 1. The minimum Gasteiger partial charge on any atom is -0.497 e. The van der Waals surface area contributed by atoms with Crippen molar-refractivity contribution in [3.8, 4) is 11.5 Å². The van der Waals surface area contributed by atoms with Gasteiger partial charge in [0.05, 0.1) is 26.5 Å². The van der Waals surface area contributed by atoms with Gasteiger partial charge in [-0.05, 0) is 37.3 Å². The van der Waals surface area contributed by atoms with Crippen LogP contribution >= 0.6 is 24.0 Å². The van der Waals surface area contributed by atoms with Gasteiger partial charge in [-0.25, -0.2) is 0 Å². The molecule has 0 radical (unpaired) electrons. The third-order valence-corrected chi connectivity index (χ3v) is 3.88. The fourth-order valence-corrected chi connectivity index (χ4v) is 2.51. The number of hydrogen-bond acceptors (Lipinski definition) is 4. The predicted molar refractivity (Wildman–Crippen MR) is 119 cm³/mol. The van der Waals surface area contributed by atoms with Gasteiger partial charge in [0.2, 0.25) is 0 Å². The van der Waals surface area contributed by atoms with Gasteiger partial charge in [-0.15, -0.1) is 30.6 Å². The Bertz CT molecular complexity index is 717. The van der Waals surface area contributed by atoms with Crippen LogP contribution in [-0.4, -0.2) is 33.3 Å². The van der Waals surface area contributed by atoms with E-state index in [1.54, 1.807) is 26.6 Å². The molecule has 0 amide bonds. The van der Waals surface area contributed by atoms with E-state index in [0.29, 0.717) is 19.0 Å². The number of aliphatic imine (C=N–C) groups is 1. The van der Waals surface area contributed by atoms with Gasteiger partial charge < -0.3 is 24.5 Å². The molecule has 1 unspecified atom stereocenters. The van der Waals surface area contributed by atoms with Crippen molar-refractivity contribution in [2.45, 2.75) is 19.4 Å². The molecule has 1 aromatic carbocycles. The number of benzene rings is 1. The van der Waals surface area contributed by atoms with Crippen LogP contribution in [0.25, 0.3) is 0 Å². The highest BCUT2D eigenvalue weighted by atomic mass is 127. The topological polar surface area (TPSA) is 68.0 Å². The maximum absolute atomic E-state index is 5.47. The second kappa shape index (κ2) is 12.3. The Balaban J connectivity index is 0.00000364. The van der Waals surface area contributed by atoms with Crippen LogP contribution in [0, 0.1) is 0 Å². The lowest BCUT2D eigenvalue weighted by molar-refractivity contribution is 0.394. The third-order valence-electron chi connectivity index (χ3n) is 3.88. The van der Waals surface area contributed by atoms with Crippen molar-refractivity contribution in [2.24, 2.45) is 4.99 Å². The molecular formula is C20H28IN3O3. The molecule has 148 valence electrons. The zero-order valence-electron chi connectivity index (χ0n) is 16.0. The van der Waals surface area contributed by atoms with Crippen LogP contribution in [0.15, 0.2) is 58.7 Å². The summed E-state index contributed by atoms with van der Waals surface area (Å²) in [5.41, 5.74) is 0.992. The number of nitrogens with zero attached hydrogens (tertiary/aromatic N) is 1. The normalized spacial score (nSPS) is 11.9. The highest BCUT2D eigenvalue weighted by Crippen LogP contribution is 2.29. The molecule has 7 heteroatoms. The van der Waals surface area contributed by atoms with Crippen LogP contribution in [0.4, 0.5) is 0 Å². The number of nitrogens with one attached hydrogen (secondary N) is 2. The first-order chi connectivity index (χ1) is 12.7. The van der Waals surface area contributed by atoms with Crippen LogP contribution in [0.3, 0.4) is 0 Å². The minimum atomic E-state index is -0.0280. The van der Waals surface area contributed by atoms with E-state index in [0.717, 1.165) is 29.2 Å². The predicted octanol–water partition coefficient (Wildman–Crippen LogP) is 3.94. The number of halogens is 1. The number of ether oxygens (including phenoxy) is 2. The van der Waals surface area contributed by atoms with Gasteiger partial charge in [0.25, 0.3) is 0 Å². The summed E-state index contributed by atoms with van der Waals surface area (Å²) in [4.78, 5) is 4.61. The molecule has 6 nitrogen and oxygen atoms in total. The van der Waals surface area contributed by atoms with Crippen LogP contribution < -0.4 is 20.1 Å². The molecule has 1 heterocycles. The quantitative estimate of drug-likeness (QED) is 0.244. The van der Waals surface area contributed by atoms with E-state index < -0.39 is 0 Å². The number of guanidine groups is 1. The van der Waals surface area contributed by atoms with Gasteiger partial charge in [-0.3, -0.25) is 4.99 Å². The highest BCUT2D eigenvalue weighted by molar-refractivity contribution is 14.0.